The van der Waals surface area contributed by atoms with Gasteiger partial charge in [0.05, 0.1) is 7.11 Å². The van der Waals surface area contributed by atoms with Crippen molar-refractivity contribution < 1.29 is 19.4 Å². The topological polar surface area (TPSA) is 71.9 Å². The fourth-order valence-electron chi connectivity index (χ4n) is 3.21. The molecule has 0 unspecified atom stereocenters. The van der Waals surface area contributed by atoms with Gasteiger partial charge in [-0.1, -0.05) is 30.3 Å². The molecule has 0 radical (unpaired) electrons. The molecular weight excluding hydrogens is 344 g/mol. The fourth-order valence-corrected chi connectivity index (χ4v) is 3.21. The van der Waals surface area contributed by atoms with Crippen molar-refractivity contribution in [2.24, 2.45) is 0 Å². The van der Waals surface area contributed by atoms with E-state index < -0.39 is 5.97 Å². The minimum atomic E-state index is -1.03. The van der Waals surface area contributed by atoms with E-state index in [1.165, 1.54) is 20.0 Å². The average molecular weight is 368 g/mol. The molecule has 1 saturated heterocycles. The summed E-state index contributed by atoms with van der Waals surface area (Å²) < 4.78 is 11.0. The van der Waals surface area contributed by atoms with Crippen LogP contribution in [-0.4, -0.2) is 36.3 Å². The molecular formula is C21H24N2O4. The standard InChI is InChI=1S/C21H24N2O4/c1-15(26-2)20(21(24)25)17-9-4-3-8-16(17)14-27-19-11-7-10-18(22-19)23-12-5-6-13-23/h3-4,7-11H,5-6,12-14H2,1-2H3,(H,24,25). The molecule has 0 spiro atoms. The van der Waals surface area contributed by atoms with Crippen molar-refractivity contribution >= 4 is 17.4 Å². The van der Waals surface area contributed by atoms with Crippen LogP contribution in [0.1, 0.15) is 30.9 Å². The molecule has 6 heteroatoms. The molecule has 2 heterocycles. The van der Waals surface area contributed by atoms with Crippen LogP contribution in [0.4, 0.5) is 5.82 Å². The molecule has 3 rings (SSSR count). The van der Waals surface area contributed by atoms with Gasteiger partial charge in [0, 0.05) is 19.2 Å². The lowest BCUT2D eigenvalue weighted by Crippen LogP contribution is -2.19. The number of aromatic nitrogens is 1. The van der Waals surface area contributed by atoms with Gasteiger partial charge in [-0.2, -0.15) is 4.98 Å². The number of methoxy groups -OCH3 is 1. The molecule has 1 aromatic carbocycles. The number of benzene rings is 1. The first-order valence-corrected chi connectivity index (χ1v) is 9.01. The third-order valence-corrected chi connectivity index (χ3v) is 4.67. The van der Waals surface area contributed by atoms with Crippen LogP contribution < -0.4 is 9.64 Å². The maximum absolute atomic E-state index is 11.7. The molecule has 0 bridgehead atoms. The van der Waals surface area contributed by atoms with Gasteiger partial charge in [-0.3, -0.25) is 0 Å². The molecule has 1 fully saturated rings. The van der Waals surface area contributed by atoms with Gasteiger partial charge in [0.2, 0.25) is 5.88 Å². The number of ether oxygens (including phenoxy) is 2. The van der Waals surface area contributed by atoms with Gasteiger partial charge in [0.25, 0.3) is 0 Å². The van der Waals surface area contributed by atoms with Gasteiger partial charge in [-0.15, -0.1) is 0 Å². The summed E-state index contributed by atoms with van der Waals surface area (Å²) in [6, 6.07) is 13.0. The number of rotatable bonds is 7. The second-order valence-corrected chi connectivity index (χ2v) is 6.41. The van der Waals surface area contributed by atoms with E-state index in [4.69, 9.17) is 9.47 Å². The van der Waals surface area contributed by atoms with Crippen LogP contribution in [0.2, 0.25) is 0 Å². The second-order valence-electron chi connectivity index (χ2n) is 6.41. The summed E-state index contributed by atoms with van der Waals surface area (Å²) >= 11 is 0. The number of allylic oxidation sites excluding steroid dienone is 1. The van der Waals surface area contributed by atoms with E-state index in [0.29, 0.717) is 17.2 Å². The SMILES string of the molecule is COC(C)=C(C(=O)O)c1ccccc1COc1cccc(N2CCCC2)n1. The summed E-state index contributed by atoms with van der Waals surface area (Å²) in [6.07, 6.45) is 2.37. The van der Waals surface area contributed by atoms with E-state index in [9.17, 15) is 9.90 Å². The Balaban J connectivity index is 1.81. The Bertz CT molecular complexity index is 842. The fraction of sp³-hybridized carbons (Fsp3) is 0.333. The third-order valence-electron chi connectivity index (χ3n) is 4.67. The third kappa shape index (κ3) is 4.39. The van der Waals surface area contributed by atoms with E-state index in [-0.39, 0.29) is 12.2 Å². The molecule has 142 valence electrons. The van der Waals surface area contributed by atoms with Crippen LogP contribution in [0.15, 0.2) is 48.2 Å². The highest BCUT2D eigenvalue weighted by atomic mass is 16.5. The number of hydrogen-bond acceptors (Lipinski definition) is 5. The van der Waals surface area contributed by atoms with Crippen LogP contribution in [0, 0.1) is 0 Å². The number of pyridine rings is 1. The summed E-state index contributed by atoms with van der Waals surface area (Å²) in [7, 11) is 1.46. The number of anilines is 1. The number of carboxylic acid groups (broad SMARTS) is 1. The monoisotopic (exact) mass is 368 g/mol. The predicted molar refractivity (Wildman–Crippen MR) is 104 cm³/mol. The van der Waals surface area contributed by atoms with Gasteiger partial charge < -0.3 is 19.5 Å². The normalized spacial score (nSPS) is 14.7. The second kappa shape index (κ2) is 8.58. The molecule has 0 atom stereocenters. The molecule has 1 N–H and O–H groups in total. The maximum atomic E-state index is 11.7. The molecule has 27 heavy (non-hydrogen) atoms. The van der Waals surface area contributed by atoms with Gasteiger partial charge >= 0.3 is 5.97 Å². The summed E-state index contributed by atoms with van der Waals surface area (Å²) in [5.74, 6) is 0.762. The average Bonchev–Trinajstić information content (AvgIpc) is 3.22. The molecule has 2 aromatic rings. The van der Waals surface area contributed by atoms with Gasteiger partial charge in [-0.05, 0) is 37.0 Å². The molecule has 1 aliphatic rings. The minimum absolute atomic E-state index is 0.135. The van der Waals surface area contributed by atoms with Crippen molar-refractivity contribution in [3.8, 4) is 5.88 Å². The highest BCUT2D eigenvalue weighted by molar-refractivity contribution is 6.16. The van der Waals surface area contributed by atoms with E-state index >= 15 is 0 Å². The maximum Gasteiger partial charge on any atom is 0.339 e. The summed E-state index contributed by atoms with van der Waals surface area (Å²) in [5, 5.41) is 9.60. The number of aliphatic carboxylic acids is 1. The Morgan fingerprint density at radius 2 is 1.89 bits per heavy atom. The molecule has 6 nitrogen and oxygen atoms in total. The van der Waals surface area contributed by atoms with Crippen LogP contribution in [0.25, 0.3) is 5.57 Å². The van der Waals surface area contributed by atoms with Gasteiger partial charge in [-0.25, -0.2) is 4.79 Å². The Hall–Kier alpha value is -3.02. The number of hydrogen-bond donors (Lipinski definition) is 1. The Morgan fingerprint density at radius 1 is 1.15 bits per heavy atom. The van der Waals surface area contributed by atoms with Crippen LogP contribution in [0.3, 0.4) is 0 Å². The van der Waals surface area contributed by atoms with Crippen LogP contribution in [-0.2, 0) is 16.1 Å². The number of carbonyl (C=O) groups is 1. The summed E-state index contributed by atoms with van der Waals surface area (Å²) in [5.41, 5.74) is 1.48. The van der Waals surface area contributed by atoms with E-state index in [2.05, 4.69) is 9.88 Å². The zero-order valence-corrected chi connectivity index (χ0v) is 15.6. The van der Waals surface area contributed by atoms with Crippen molar-refractivity contribution in [2.75, 3.05) is 25.1 Å². The first-order chi connectivity index (χ1) is 13.1. The smallest absolute Gasteiger partial charge is 0.339 e. The van der Waals surface area contributed by atoms with Crippen molar-refractivity contribution in [1.29, 1.82) is 0 Å². The van der Waals surface area contributed by atoms with Gasteiger partial charge in [0.15, 0.2) is 0 Å². The zero-order valence-electron chi connectivity index (χ0n) is 15.6. The van der Waals surface area contributed by atoms with E-state index in [1.54, 1.807) is 19.1 Å². The Kier molecular flexibility index (Phi) is 5.96. The first kappa shape index (κ1) is 18.8. The molecule has 0 amide bonds. The van der Waals surface area contributed by atoms with E-state index in [1.807, 2.05) is 30.3 Å². The zero-order chi connectivity index (χ0) is 19.2. The number of carboxylic acids is 1. The molecule has 1 aliphatic heterocycles. The van der Waals surface area contributed by atoms with Crippen molar-refractivity contribution in [3.05, 3.63) is 59.4 Å². The van der Waals surface area contributed by atoms with Gasteiger partial charge in [0.1, 0.15) is 23.8 Å². The van der Waals surface area contributed by atoms with Crippen LogP contribution >= 0.6 is 0 Å². The Labute approximate surface area is 159 Å². The lowest BCUT2D eigenvalue weighted by atomic mass is 9.99. The highest BCUT2D eigenvalue weighted by Gasteiger charge is 2.19. The van der Waals surface area contributed by atoms with Crippen LogP contribution in [0.5, 0.6) is 5.88 Å². The summed E-state index contributed by atoms with van der Waals surface area (Å²) in [4.78, 5) is 18.5. The quantitative estimate of drug-likeness (QED) is 0.593. The van der Waals surface area contributed by atoms with Crippen molar-refractivity contribution in [2.45, 2.75) is 26.4 Å². The predicted octanol–water partition coefficient (Wildman–Crippen LogP) is 3.72. The van der Waals surface area contributed by atoms with Crippen molar-refractivity contribution in [1.82, 2.24) is 4.98 Å². The number of nitrogens with zero attached hydrogens (tertiary/aromatic N) is 2. The van der Waals surface area contributed by atoms with E-state index in [0.717, 1.165) is 24.5 Å². The summed E-state index contributed by atoms with van der Waals surface area (Å²) in [6.45, 7) is 3.90. The lowest BCUT2D eigenvalue weighted by Gasteiger charge is -2.17. The Morgan fingerprint density at radius 3 is 2.59 bits per heavy atom. The highest BCUT2D eigenvalue weighted by Crippen LogP contribution is 2.25. The largest absolute Gasteiger partial charge is 0.500 e. The lowest BCUT2D eigenvalue weighted by molar-refractivity contribution is -0.130. The molecule has 1 aromatic heterocycles. The first-order valence-electron chi connectivity index (χ1n) is 9.01. The van der Waals surface area contributed by atoms with Crippen molar-refractivity contribution in [3.63, 3.8) is 0 Å². The molecule has 0 saturated carbocycles. The minimum Gasteiger partial charge on any atom is -0.500 e. The molecule has 0 aliphatic carbocycles.